The van der Waals surface area contributed by atoms with Crippen LogP contribution in [-0.2, 0) is 114 Å². The van der Waals surface area contributed by atoms with Gasteiger partial charge in [-0.25, -0.2) is 14.7 Å². The van der Waals surface area contributed by atoms with E-state index in [9.17, 15) is 20.1 Å². The molecule has 0 bridgehead atoms. The average Bonchev–Trinajstić information content (AvgIpc) is 1.68. The smallest absolute Gasteiger partial charge is 0.252 e. The zero-order valence-electron chi connectivity index (χ0n) is 59.4. The van der Waals surface area contributed by atoms with Crippen molar-refractivity contribution in [3.8, 4) is 0 Å². The van der Waals surface area contributed by atoms with Gasteiger partial charge in [-0.3, -0.25) is 4.79 Å². The third-order valence-electron chi connectivity index (χ3n) is 24.3. The van der Waals surface area contributed by atoms with E-state index in [0.717, 1.165) is 38.5 Å². The second-order valence-electron chi connectivity index (χ2n) is 30.0. The molecule has 27 nitrogen and oxygen atoms in total. The third kappa shape index (κ3) is 15.2. The quantitative estimate of drug-likeness (QED) is 0.0680. The number of allylic oxidation sites excluding steroid dienone is 1. The Bertz CT molecular complexity index is 2660. The van der Waals surface area contributed by atoms with E-state index >= 15 is 0 Å². The molecule has 0 aromatic carbocycles. The molecule has 97 heavy (non-hydrogen) atoms. The van der Waals surface area contributed by atoms with Crippen LogP contribution in [0.4, 0.5) is 0 Å². The van der Waals surface area contributed by atoms with Crippen molar-refractivity contribution < 1.29 is 130 Å². The number of Topliss-reactive ketones (excluding diaryl/α,β-unsaturated/α-hetero) is 1. The van der Waals surface area contributed by atoms with Crippen LogP contribution >= 0.6 is 0 Å². The van der Waals surface area contributed by atoms with Crippen LogP contribution in [-0.4, -0.2) is 255 Å². The van der Waals surface area contributed by atoms with Crippen LogP contribution in [0.1, 0.15) is 146 Å². The SMILES string of the molecule is COC1=C[C@@H](C)OC(O[C@H]2CC[C@@]3(C)C(=CC[C@H]4[C@@H]5CC[C@H](C(C)O[C@H]6C[C@H]7OC[C@@]8(C[C@@H](OC)[C@H](OO[C@H]9C[C@H](OC)[C@H](O[C@H]%10C[C@H](OC)[C@H](O[C@H]%11C[C@H](OC)[C@H](O[C@@H]%12O[C@H](CO)[C@H](O)[C@H](OC)[C@H]%12O)[C@@H](C)O%11)[C@@H](C)O%10)[C@@H](C)O9)[C@@H](C)O8)OO[C@@H]7[C@@H](C)O6)[C@@]5(C)CC[C@@H]43)C2)C1=O. The fourth-order valence-electron chi connectivity index (χ4n) is 19.1. The predicted octanol–water partition coefficient (Wildman–Crippen LogP) is 5.95. The van der Waals surface area contributed by atoms with Crippen LogP contribution in [0.25, 0.3) is 0 Å². The van der Waals surface area contributed by atoms with Gasteiger partial charge in [-0.05, 0) is 140 Å². The lowest BCUT2D eigenvalue weighted by Gasteiger charge is -2.58. The van der Waals surface area contributed by atoms with Gasteiger partial charge in [0.2, 0.25) is 12.1 Å². The first-order chi connectivity index (χ1) is 46.5. The molecule has 1 spiro atoms. The zero-order chi connectivity index (χ0) is 69.0. The topological polar surface area (TPSA) is 290 Å². The van der Waals surface area contributed by atoms with Crippen molar-refractivity contribution in [1.82, 2.24) is 0 Å². The van der Waals surface area contributed by atoms with Gasteiger partial charge in [0.25, 0.3) is 5.78 Å². The summed E-state index contributed by atoms with van der Waals surface area (Å²) in [6.45, 7) is 18.1. The highest BCUT2D eigenvalue weighted by Crippen LogP contribution is 2.67. The van der Waals surface area contributed by atoms with Gasteiger partial charge in [0.15, 0.2) is 37.2 Å². The molecule has 0 aromatic rings. The first-order valence-electron chi connectivity index (χ1n) is 35.7. The third-order valence-corrected chi connectivity index (χ3v) is 24.3. The number of rotatable bonds is 21. The molecule has 0 radical (unpaired) electrons. The summed E-state index contributed by atoms with van der Waals surface area (Å²) in [6.07, 6.45) is -4.12. The Balaban J connectivity index is 0.588. The van der Waals surface area contributed by atoms with Gasteiger partial charge in [-0.15, -0.1) is 0 Å². The standard InChI is InChI=1S/C70H112O27/c1-33-24-46(75-10)58(73)66(82-33)88-41-20-22-68(8)40(25-41)16-17-42-44-19-18-43(69(44,9)23-21-45(42)68)34(2)83-53-29-50-63(38(6)86-53)96-97-70(32-81-50)30-51(79-14)64(39(7)93-70)95-94-56-28-49(78-13)61(36(4)87-56)91-54-26-47(76-11)60(35(3)84-54)90-55-27-48(77-12)62(37(5)85-55)92-67-59(74)65(80-15)57(72)52(31-71)89-67/h16,24,33-39,41-45,47-57,59-67,71-72,74H,17-23,25-32H2,1-15H3/t33-,34?,35-,36-,37-,38-,39-,41+,42+,43-,44+,45+,47+,48+,49+,50-,51-,52-,53-,54+,55+,56+,57+,59-,60-,61-,62-,63-,64-,65+,66?,67+,68+,69-,70-/m1/s1. The number of ketones is 1. The number of hydrogen-bond donors (Lipinski definition) is 3. The minimum atomic E-state index is -1.35. The van der Waals surface area contributed by atoms with Crippen molar-refractivity contribution in [2.75, 3.05) is 55.9 Å². The molecule has 3 N–H and O–H groups in total. The fourth-order valence-corrected chi connectivity index (χ4v) is 19.1. The van der Waals surface area contributed by atoms with Crippen molar-refractivity contribution >= 4 is 5.78 Å². The molecule has 35 atom stereocenters. The molecule has 12 aliphatic rings. The van der Waals surface area contributed by atoms with E-state index in [4.69, 9.17) is 110 Å². The number of hydrogen-bond acceptors (Lipinski definition) is 27. The molecule has 12 rings (SSSR count). The van der Waals surface area contributed by atoms with E-state index in [2.05, 4.69) is 26.8 Å². The van der Waals surface area contributed by atoms with Crippen molar-refractivity contribution in [3.05, 3.63) is 23.5 Å². The molecule has 8 aliphatic heterocycles. The zero-order valence-corrected chi connectivity index (χ0v) is 59.4. The average molecular weight is 1390 g/mol. The lowest BCUT2D eigenvalue weighted by molar-refractivity contribution is -0.491. The summed E-state index contributed by atoms with van der Waals surface area (Å²) in [4.78, 5) is 37.8. The summed E-state index contributed by atoms with van der Waals surface area (Å²) in [5, 5.41) is 31.4. The molecule has 3 saturated carbocycles. The molecule has 4 aliphatic carbocycles. The molecule has 0 aromatic heterocycles. The lowest BCUT2D eigenvalue weighted by atomic mass is 9.47. The maximum Gasteiger partial charge on any atom is 0.252 e. The van der Waals surface area contributed by atoms with E-state index in [-0.39, 0.29) is 60.8 Å². The molecule has 27 heteroatoms. The van der Waals surface area contributed by atoms with Gasteiger partial charge in [0.05, 0.1) is 93.1 Å². The number of aliphatic hydroxyl groups excluding tert-OH is 3. The summed E-state index contributed by atoms with van der Waals surface area (Å²) >= 11 is 0. The molecular weight excluding hydrogens is 1270 g/mol. The summed E-state index contributed by atoms with van der Waals surface area (Å²) in [7, 11) is 9.25. The Labute approximate surface area is 570 Å². The van der Waals surface area contributed by atoms with Crippen LogP contribution in [0.5, 0.6) is 0 Å². The highest BCUT2D eigenvalue weighted by Gasteiger charge is 2.61. The molecule has 10 fully saturated rings. The number of carbonyl (C=O) groups is 1. The van der Waals surface area contributed by atoms with Crippen molar-refractivity contribution in [2.45, 2.75) is 324 Å². The highest BCUT2D eigenvalue weighted by atomic mass is 17.2. The Morgan fingerprint density at radius 3 is 1.91 bits per heavy atom. The summed E-state index contributed by atoms with van der Waals surface area (Å²) < 4.78 is 118. The van der Waals surface area contributed by atoms with Gasteiger partial charge < -0.3 is 105 Å². The Morgan fingerprint density at radius 1 is 0.629 bits per heavy atom. The maximum atomic E-state index is 13.1. The minimum Gasteiger partial charge on any atom is -0.493 e. The van der Waals surface area contributed by atoms with Gasteiger partial charge in [0, 0.05) is 67.7 Å². The van der Waals surface area contributed by atoms with Crippen LogP contribution < -0.4 is 0 Å². The number of fused-ring (bicyclic) bond motifs is 6. The first-order valence-corrected chi connectivity index (χ1v) is 35.7. The van der Waals surface area contributed by atoms with E-state index < -0.39 is 166 Å². The van der Waals surface area contributed by atoms with Crippen LogP contribution in [0.15, 0.2) is 23.5 Å². The molecule has 0 amide bonds. The van der Waals surface area contributed by atoms with Gasteiger partial charge in [-0.2, -0.15) is 4.89 Å². The first kappa shape index (κ1) is 74.7. The molecule has 2 unspecified atom stereocenters. The van der Waals surface area contributed by atoms with Crippen LogP contribution in [0.3, 0.4) is 0 Å². The van der Waals surface area contributed by atoms with E-state index in [1.54, 1.807) is 41.4 Å². The van der Waals surface area contributed by atoms with Crippen LogP contribution in [0.2, 0.25) is 0 Å². The fraction of sp³-hybridized carbons (Fsp3) is 0.929. The summed E-state index contributed by atoms with van der Waals surface area (Å²) in [5.41, 5.74) is 1.73. The summed E-state index contributed by atoms with van der Waals surface area (Å²) in [5.74, 6) is 0.923. The number of ether oxygens (including phenoxy) is 19. The number of methoxy groups -OCH3 is 6. The van der Waals surface area contributed by atoms with Gasteiger partial charge in [0.1, 0.15) is 61.5 Å². The van der Waals surface area contributed by atoms with E-state index in [0.29, 0.717) is 42.3 Å². The normalized spacial score (nSPS) is 50.7. The number of carbonyl (C=O) groups excluding carboxylic acids is 1. The van der Waals surface area contributed by atoms with Crippen molar-refractivity contribution in [2.24, 2.45) is 34.5 Å². The minimum absolute atomic E-state index is 0.0391. The van der Waals surface area contributed by atoms with Crippen LogP contribution in [0, 0.1) is 34.5 Å². The van der Waals surface area contributed by atoms with Crippen molar-refractivity contribution in [1.29, 1.82) is 0 Å². The second-order valence-corrected chi connectivity index (χ2v) is 30.0. The largest absolute Gasteiger partial charge is 0.493 e. The Hall–Kier alpha value is -2.05. The van der Waals surface area contributed by atoms with Crippen molar-refractivity contribution in [3.63, 3.8) is 0 Å². The molecule has 8 heterocycles. The monoisotopic (exact) mass is 1380 g/mol. The Morgan fingerprint density at radius 2 is 1.27 bits per heavy atom. The Kier molecular flexibility index (Phi) is 24.1. The highest BCUT2D eigenvalue weighted by molar-refractivity contribution is 5.96. The van der Waals surface area contributed by atoms with Gasteiger partial charge in [-0.1, -0.05) is 25.5 Å². The second kappa shape index (κ2) is 31.3. The number of aliphatic hydroxyl groups is 3. The van der Waals surface area contributed by atoms with E-state index in [1.165, 1.54) is 32.6 Å². The maximum absolute atomic E-state index is 13.1. The van der Waals surface area contributed by atoms with E-state index in [1.807, 2.05) is 34.6 Å². The predicted molar refractivity (Wildman–Crippen MR) is 337 cm³/mol. The molecule has 554 valence electrons. The van der Waals surface area contributed by atoms with Gasteiger partial charge >= 0.3 is 0 Å². The molecular formula is C70H112O27. The molecule has 7 saturated heterocycles. The lowest BCUT2D eigenvalue weighted by Crippen LogP contribution is -2.62. The summed E-state index contributed by atoms with van der Waals surface area (Å²) in [6, 6.07) is 0.